The zero-order valence-corrected chi connectivity index (χ0v) is 19.0. The summed E-state index contributed by atoms with van der Waals surface area (Å²) >= 11 is 0. The zero-order valence-electron chi connectivity index (χ0n) is 19.0. The van der Waals surface area contributed by atoms with Crippen molar-refractivity contribution in [3.8, 4) is 0 Å². The number of hydrogen-bond donors (Lipinski definition) is 1. The molecule has 0 unspecified atom stereocenters. The van der Waals surface area contributed by atoms with Gasteiger partial charge in [-0.2, -0.15) is 0 Å². The molecule has 0 aliphatic heterocycles. The van der Waals surface area contributed by atoms with Gasteiger partial charge in [-0.1, -0.05) is 36.4 Å². The van der Waals surface area contributed by atoms with Crippen LogP contribution in [0.1, 0.15) is 23.8 Å². The fraction of sp³-hybridized carbons (Fsp3) is 0.179. The molecule has 0 fully saturated rings. The molecule has 5 aromatic rings. The fourth-order valence-electron chi connectivity index (χ4n) is 4.44. The number of halogens is 1. The van der Waals surface area contributed by atoms with Crippen LogP contribution < -0.4 is 5.32 Å². The molecule has 0 saturated carbocycles. The van der Waals surface area contributed by atoms with Crippen molar-refractivity contribution in [2.45, 2.75) is 33.1 Å². The number of furan rings is 1. The van der Waals surface area contributed by atoms with E-state index in [2.05, 4.69) is 59.3 Å². The number of nitrogens with zero attached hydrogens (tertiary/aromatic N) is 2. The summed E-state index contributed by atoms with van der Waals surface area (Å²) in [5.41, 5.74) is 4.27. The average molecular weight is 456 g/mol. The van der Waals surface area contributed by atoms with E-state index in [9.17, 15) is 9.18 Å². The molecule has 2 aromatic heterocycles. The molecule has 6 heteroatoms. The van der Waals surface area contributed by atoms with E-state index >= 15 is 0 Å². The van der Waals surface area contributed by atoms with E-state index in [1.54, 1.807) is 23.3 Å². The quantitative estimate of drug-likeness (QED) is 0.306. The molecule has 0 atom stereocenters. The number of amides is 2. The maximum Gasteiger partial charge on any atom is 0.318 e. The Bertz CT molecular complexity index is 1420. The van der Waals surface area contributed by atoms with Crippen molar-refractivity contribution < 1.29 is 13.6 Å². The van der Waals surface area contributed by atoms with Gasteiger partial charge in [-0.15, -0.1) is 0 Å². The number of nitrogens with one attached hydrogen (secondary N) is 1. The second-order valence-electron chi connectivity index (χ2n) is 8.33. The number of hydrogen-bond acceptors (Lipinski definition) is 2. The van der Waals surface area contributed by atoms with Crippen molar-refractivity contribution in [3.63, 3.8) is 0 Å². The van der Waals surface area contributed by atoms with Gasteiger partial charge in [-0.05, 0) is 60.5 Å². The van der Waals surface area contributed by atoms with Crippen LogP contribution in [0.4, 0.5) is 9.18 Å². The Morgan fingerprint density at radius 3 is 2.44 bits per heavy atom. The highest BCUT2D eigenvalue weighted by molar-refractivity contribution is 6.08. The van der Waals surface area contributed by atoms with Gasteiger partial charge in [0.15, 0.2) is 0 Å². The lowest BCUT2D eigenvalue weighted by molar-refractivity contribution is 0.187. The molecule has 172 valence electrons. The molecule has 2 heterocycles. The third-order valence-corrected chi connectivity index (χ3v) is 6.10. The average Bonchev–Trinajstić information content (AvgIpc) is 3.48. The van der Waals surface area contributed by atoms with Crippen molar-refractivity contribution in [3.05, 3.63) is 108 Å². The second kappa shape index (κ2) is 9.43. The second-order valence-corrected chi connectivity index (χ2v) is 8.33. The Labute approximate surface area is 197 Å². The van der Waals surface area contributed by atoms with Gasteiger partial charge in [0.1, 0.15) is 11.6 Å². The summed E-state index contributed by atoms with van der Waals surface area (Å²) in [6.07, 6.45) is 1.61. The van der Waals surface area contributed by atoms with Gasteiger partial charge in [0.25, 0.3) is 0 Å². The molecule has 0 aliphatic carbocycles. The molecule has 5 nitrogen and oxygen atoms in total. The third kappa shape index (κ3) is 4.39. The Morgan fingerprint density at radius 2 is 1.68 bits per heavy atom. The minimum atomic E-state index is -0.297. The summed E-state index contributed by atoms with van der Waals surface area (Å²) in [5.74, 6) is 0.412. The first-order valence-electron chi connectivity index (χ1n) is 11.4. The molecular weight excluding hydrogens is 429 g/mol. The molecule has 0 bridgehead atoms. The van der Waals surface area contributed by atoms with Crippen molar-refractivity contribution in [1.29, 1.82) is 0 Å². The van der Waals surface area contributed by atoms with E-state index in [1.807, 2.05) is 12.1 Å². The van der Waals surface area contributed by atoms with Crippen LogP contribution in [0.2, 0.25) is 0 Å². The molecule has 1 N–H and O–H groups in total. The maximum absolute atomic E-state index is 13.2. The van der Waals surface area contributed by atoms with Gasteiger partial charge in [-0.3, -0.25) is 0 Å². The monoisotopic (exact) mass is 455 g/mol. The topological polar surface area (TPSA) is 50.4 Å². The molecule has 3 aromatic carbocycles. The lowest BCUT2D eigenvalue weighted by Crippen LogP contribution is -2.38. The van der Waals surface area contributed by atoms with Gasteiger partial charge in [0, 0.05) is 41.4 Å². The van der Waals surface area contributed by atoms with E-state index in [0.29, 0.717) is 25.4 Å². The normalized spacial score (nSPS) is 11.2. The van der Waals surface area contributed by atoms with Crippen LogP contribution in [-0.2, 0) is 26.2 Å². The minimum Gasteiger partial charge on any atom is -0.467 e. The molecule has 34 heavy (non-hydrogen) atoms. The number of para-hydroxylation sites is 1. The van der Waals surface area contributed by atoms with Crippen LogP contribution in [0.3, 0.4) is 0 Å². The summed E-state index contributed by atoms with van der Waals surface area (Å²) in [6, 6.07) is 24.4. The molecule has 0 aliphatic rings. The number of carbonyl (C=O) groups excluding carboxylic acids is 1. The van der Waals surface area contributed by atoms with Gasteiger partial charge in [0.2, 0.25) is 0 Å². The summed E-state index contributed by atoms with van der Waals surface area (Å²) in [6.45, 7) is 4.13. The van der Waals surface area contributed by atoms with Crippen LogP contribution in [0.5, 0.6) is 0 Å². The number of aromatic nitrogens is 1. The van der Waals surface area contributed by atoms with Gasteiger partial charge >= 0.3 is 6.03 Å². The molecular formula is C28H26FN3O2. The smallest absolute Gasteiger partial charge is 0.318 e. The highest BCUT2D eigenvalue weighted by Gasteiger charge is 2.17. The van der Waals surface area contributed by atoms with Gasteiger partial charge in [-0.25, -0.2) is 9.18 Å². The van der Waals surface area contributed by atoms with E-state index in [1.165, 1.54) is 33.9 Å². The highest BCUT2D eigenvalue weighted by atomic mass is 19.1. The lowest BCUT2D eigenvalue weighted by atomic mass is 10.1. The van der Waals surface area contributed by atoms with Crippen LogP contribution >= 0.6 is 0 Å². The summed E-state index contributed by atoms with van der Waals surface area (Å²) in [7, 11) is 0. The zero-order chi connectivity index (χ0) is 23.5. The van der Waals surface area contributed by atoms with Crippen molar-refractivity contribution in [1.82, 2.24) is 14.8 Å². The number of aryl methyl sites for hydroxylation is 1. The van der Waals surface area contributed by atoms with Crippen LogP contribution in [0, 0.1) is 5.82 Å². The molecule has 5 rings (SSSR count). The van der Waals surface area contributed by atoms with Gasteiger partial charge in [0.05, 0.1) is 12.8 Å². The summed E-state index contributed by atoms with van der Waals surface area (Å²) < 4.78 is 21.0. The van der Waals surface area contributed by atoms with Crippen LogP contribution in [0.15, 0.2) is 89.5 Å². The Morgan fingerprint density at radius 1 is 0.912 bits per heavy atom. The van der Waals surface area contributed by atoms with E-state index in [-0.39, 0.29) is 11.8 Å². The summed E-state index contributed by atoms with van der Waals surface area (Å²) in [4.78, 5) is 14.9. The Balaban J connectivity index is 1.41. The highest BCUT2D eigenvalue weighted by Crippen LogP contribution is 2.30. The number of carbonyl (C=O) groups is 1. The molecule has 2 amide bonds. The number of urea groups is 1. The van der Waals surface area contributed by atoms with E-state index in [4.69, 9.17) is 4.42 Å². The minimum absolute atomic E-state index is 0.211. The fourth-order valence-corrected chi connectivity index (χ4v) is 4.44. The third-order valence-electron chi connectivity index (χ3n) is 6.10. The van der Waals surface area contributed by atoms with Gasteiger partial charge < -0.3 is 19.2 Å². The Hall–Kier alpha value is -4.06. The molecule has 0 saturated heterocycles. The van der Waals surface area contributed by atoms with Crippen molar-refractivity contribution in [2.75, 3.05) is 0 Å². The predicted octanol–water partition coefficient (Wildman–Crippen LogP) is 6.46. The summed E-state index contributed by atoms with van der Waals surface area (Å²) in [5, 5.41) is 5.34. The van der Waals surface area contributed by atoms with E-state index in [0.717, 1.165) is 17.7 Å². The number of fused-ring (bicyclic) bond motifs is 3. The first-order valence-corrected chi connectivity index (χ1v) is 11.4. The lowest BCUT2D eigenvalue weighted by Gasteiger charge is -2.22. The largest absolute Gasteiger partial charge is 0.467 e. The Kier molecular flexibility index (Phi) is 6.04. The van der Waals surface area contributed by atoms with Crippen LogP contribution in [-0.4, -0.2) is 15.5 Å². The predicted molar refractivity (Wildman–Crippen MR) is 132 cm³/mol. The number of benzene rings is 3. The first kappa shape index (κ1) is 21.8. The maximum atomic E-state index is 13.2. The van der Waals surface area contributed by atoms with Crippen LogP contribution in [0.25, 0.3) is 21.8 Å². The standard InChI is InChI=1S/C28H26FN3O2/c1-2-32-26-8-4-3-7-24(26)25-16-21(11-14-27(25)32)18-31(19-23-6-5-15-34-23)28(33)30-17-20-9-12-22(29)13-10-20/h3-16H,2,17-19H2,1H3,(H,30,33). The number of rotatable bonds is 7. The van der Waals surface area contributed by atoms with E-state index < -0.39 is 0 Å². The van der Waals surface area contributed by atoms with Crippen molar-refractivity contribution in [2.24, 2.45) is 0 Å². The molecule has 0 radical (unpaired) electrons. The van der Waals surface area contributed by atoms with Crippen molar-refractivity contribution >= 4 is 27.8 Å². The first-order chi connectivity index (χ1) is 16.6. The SMILES string of the molecule is CCn1c2ccccc2c2cc(CN(Cc3ccco3)C(=O)NCc3ccc(F)cc3)ccc21. The molecule has 0 spiro atoms.